The Bertz CT molecular complexity index is 320. The van der Waals surface area contributed by atoms with Crippen LogP contribution in [0.15, 0.2) is 6.20 Å². The zero-order valence-corrected chi connectivity index (χ0v) is 7.22. The van der Waals surface area contributed by atoms with Crippen LogP contribution in [0.2, 0.25) is 5.02 Å². The maximum absolute atomic E-state index is 12.3. The lowest BCUT2D eigenvalue weighted by Crippen LogP contribution is -2.02. The third kappa shape index (κ3) is 1.87. The molecule has 13 heavy (non-hydrogen) atoms. The zero-order chi connectivity index (χ0) is 10.0. The maximum atomic E-state index is 12.3. The Hall–Kier alpha value is -0.940. The first-order valence-corrected chi connectivity index (χ1v) is 3.77. The number of alkyl halides is 2. The van der Waals surface area contributed by atoms with Crippen molar-refractivity contribution < 1.29 is 13.9 Å². The number of hydrogen-bond acceptors (Lipinski definition) is 3. The van der Waals surface area contributed by atoms with Gasteiger partial charge in [-0.05, 0) is 0 Å². The number of anilines is 1. The molecule has 6 heteroatoms. The molecule has 0 atom stereocenters. The summed E-state index contributed by atoms with van der Waals surface area (Å²) in [6, 6.07) is 0. The fourth-order valence-electron chi connectivity index (χ4n) is 0.877. The number of aromatic nitrogens is 1. The van der Waals surface area contributed by atoms with Crippen molar-refractivity contribution in [3.05, 3.63) is 22.3 Å². The van der Waals surface area contributed by atoms with Crippen LogP contribution in [0.1, 0.15) is 17.6 Å². The first-order chi connectivity index (χ1) is 6.07. The number of aliphatic hydroxyl groups is 1. The lowest BCUT2D eigenvalue weighted by Gasteiger charge is -2.08. The first-order valence-electron chi connectivity index (χ1n) is 3.39. The number of rotatable bonds is 2. The van der Waals surface area contributed by atoms with E-state index in [0.29, 0.717) is 0 Å². The van der Waals surface area contributed by atoms with E-state index in [4.69, 9.17) is 22.4 Å². The van der Waals surface area contributed by atoms with Gasteiger partial charge in [0.25, 0.3) is 6.43 Å². The molecule has 0 amide bonds. The van der Waals surface area contributed by atoms with Crippen LogP contribution in [0.25, 0.3) is 0 Å². The van der Waals surface area contributed by atoms with E-state index >= 15 is 0 Å². The van der Waals surface area contributed by atoms with Crippen LogP contribution in [0, 0.1) is 0 Å². The number of aliphatic hydroxyl groups excluding tert-OH is 1. The first kappa shape index (κ1) is 10.1. The summed E-state index contributed by atoms with van der Waals surface area (Å²) in [5.41, 5.74) is 4.81. The summed E-state index contributed by atoms with van der Waals surface area (Å²) in [7, 11) is 0. The normalized spacial score (nSPS) is 10.8. The molecule has 0 aliphatic carbocycles. The van der Waals surface area contributed by atoms with E-state index in [0.717, 1.165) is 0 Å². The van der Waals surface area contributed by atoms with E-state index in [1.807, 2.05) is 0 Å². The molecule has 1 aromatic rings. The van der Waals surface area contributed by atoms with Gasteiger partial charge in [0, 0.05) is 11.8 Å². The van der Waals surface area contributed by atoms with Gasteiger partial charge in [-0.25, -0.2) is 13.8 Å². The molecule has 0 unspecified atom stereocenters. The maximum Gasteiger partial charge on any atom is 0.268 e. The van der Waals surface area contributed by atoms with Gasteiger partial charge in [-0.3, -0.25) is 0 Å². The van der Waals surface area contributed by atoms with Crippen LogP contribution in [0.3, 0.4) is 0 Å². The molecular weight excluding hydrogens is 202 g/mol. The fraction of sp³-hybridized carbons (Fsp3) is 0.286. The Morgan fingerprint density at radius 3 is 2.69 bits per heavy atom. The van der Waals surface area contributed by atoms with Gasteiger partial charge >= 0.3 is 0 Å². The number of halogens is 3. The number of nitrogens with two attached hydrogens (primary N) is 1. The zero-order valence-electron chi connectivity index (χ0n) is 6.47. The van der Waals surface area contributed by atoms with E-state index in [1.165, 1.54) is 6.20 Å². The minimum atomic E-state index is -2.79. The largest absolute Gasteiger partial charge is 0.392 e. The highest BCUT2D eigenvalue weighted by Gasteiger charge is 2.19. The van der Waals surface area contributed by atoms with Gasteiger partial charge in [-0.1, -0.05) is 11.6 Å². The molecule has 0 fully saturated rings. The highest BCUT2D eigenvalue weighted by molar-refractivity contribution is 6.32. The highest BCUT2D eigenvalue weighted by atomic mass is 35.5. The van der Waals surface area contributed by atoms with Crippen molar-refractivity contribution in [2.75, 3.05) is 5.73 Å². The molecule has 1 aromatic heterocycles. The van der Waals surface area contributed by atoms with Crippen molar-refractivity contribution in [3.8, 4) is 0 Å². The molecule has 1 rings (SSSR count). The molecule has 0 aliphatic rings. The summed E-state index contributed by atoms with van der Waals surface area (Å²) < 4.78 is 24.6. The standard InChI is InChI=1S/C7H7ClF2N2O/c8-5-3(2-13)1-12-7(11)4(5)6(9)10/h1,6,13H,2H2,(H2,11,12). The Labute approximate surface area is 78.1 Å². The third-order valence-electron chi connectivity index (χ3n) is 1.54. The summed E-state index contributed by atoms with van der Waals surface area (Å²) >= 11 is 5.55. The van der Waals surface area contributed by atoms with Gasteiger partial charge in [0.05, 0.1) is 17.2 Å². The average Bonchev–Trinajstić information content (AvgIpc) is 2.04. The van der Waals surface area contributed by atoms with E-state index in [2.05, 4.69) is 4.98 Å². The minimum Gasteiger partial charge on any atom is -0.392 e. The van der Waals surface area contributed by atoms with Crippen molar-refractivity contribution in [1.29, 1.82) is 0 Å². The second-order valence-corrected chi connectivity index (χ2v) is 2.73. The second-order valence-electron chi connectivity index (χ2n) is 2.36. The SMILES string of the molecule is Nc1ncc(CO)c(Cl)c1C(F)F. The van der Waals surface area contributed by atoms with Crippen molar-refractivity contribution >= 4 is 17.4 Å². The molecule has 0 radical (unpaired) electrons. The quantitative estimate of drug-likeness (QED) is 0.779. The van der Waals surface area contributed by atoms with E-state index in [-0.39, 0.29) is 16.4 Å². The molecule has 0 spiro atoms. The van der Waals surface area contributed by atoms with Crippen molar-refractivity contribution in [3.63, 3.8) is 0 Å². The third-order valence-corrected chi connectivity index (χ3v) is 1.99. The summed E-state index contributed by atoms with van der Waals surface area (Å²) in [5, 5.41) is 8.49. The van der Waals surface area contributed by atoms with Gasteiger partial charge in [0.2, 0.25) is 0 Å². The Morgan fingerprint density at radius 1 is 1.62 bits per heavy atom. The lowest BCUT2D eigenvalue weighted by atomic mass is 10.2. The van der Waals surface area contributed by atoms with Gasteiger partial charge in [-0.15, -0.1) is 0 Å². The van der Waals surface area contributed by atoms with Crippen LogP contribution in [-0.2, 0) is 6.61 Å². The predicted molar refractivity (Wildman–Crippen MR) is 44.5 cm³/mol. The van der Waals surface area contributed by atoms with Crippen LogP contribution in [0.5, 0.6) is 0 Å². The molecule has 0 saturated heterocycles. The Balaban J connectivity index is 3.30. The number of nitrogen functional groups attached to an aromatic ring is 1. The minimum absolute atomic E-state index is 0.145. The molecule has 0 bridgehead atoms. The molecule has 1 heterocycles. The van der Waals surface area contributed by atoms with Gasteiger partial charge in [-0.2, -0.15) is 0 Å². The van der Waals surface area contributed by atoms with Crippen molar-refractivity contribution in [2.45, 2.75) is 13.0 Å². The van der Waals surface area contributed by atoms with Crippen LogP contribution >= 0.6 is 11.6 Å². The molecule has 3 N–H and O–H groups in total. The highest BCUT2D eigenvalue weighted by Crippen LogP contribution is 2.32. The van der Waals surface area contributed by atoms with Gasteiger partial charge in [0.1, 0.15) is 5.82 Å². The molecule has 3 nitrogen and oxygen atoms in total. The lowest BCUT2D eigenvalue weighted by molar-refractivity contribution is 0.151. The number of hydrogen-bond donors (Lipinski definition) is 2. The van der Waals surface area contributed by atoms with E-state index in [1.54, 1.807) is 0 Å². The summed E-state index contributed by atoms with van der Waals surface area (Å²) in [4.78, 5) is 3.49. The molecule has 0 aromatic carbocycles. The predicted octanol–water partition coefficient (Wildman–Crippen LogP) is 1.75. The molecule has 0 aliphatic heterocycles. The van der Waals surface area contributed by atoms with E-state index in [9.17, 15) is 8.78 Å². The number of nitrogens with zero attached hydrogens (tertiary/aromatic N) is 1. The van der Waals surface area contributed by atoms with E-state index < -0.39 is 18.6 Å². The molecular formula is C7H7ClF2N2O. The molecule has 72 valence electrons. The number of pyridine rings is 1. The summed E-state index contributed by atoms with van der Waals surface area (Å²) in [6.07, 6.45) is -1.62. The summed E-state index contributed by atoms with van der Waals surface area (Å²) in [5.74, 6) is -0.308. The average molecular weight is 209 g/mol. The van der Waals surface area contributed by atoms with Crippen molar-refractivity contribution in [1.82, 2.24) is 4.98 Å². The van der Waals surface area contributed by atoms with Gasteiger partial charge < -0.3 is 10.8 Å². The van der Waals surface area contributed by atoms with Crippen molar-refractivity contribution in [2.24, 2.45) is 0 Å². The van der Waals surface area contributed by atoms with Gasteiger partial charge in [0.15, 0.2) is 0 Å². The van der Waals surface area contributed by atoms with Crippen LogP contribution < -0.4 is 5.73 Å². The van der Waals surface area contributed by atoms with Crippen LogP contribution in [0.4, 0.5) is 14.6 Å². The van der Waals surface area contributed by atoms with Crippen LogP contribution in [-0.4, -0.2) is 10.1 Å². The second kappa shape index (κ2) is 3.85. The molecule has 0 saturated carbocycles. The Morgan fingerprint density at radius 2 is 2.23 bits per heavy atom. The summed E-state index contributed by atoms with van der Waals surface area (Å²) in [6.45, 7) is -0.439. The smallest absolute Gasteiger partial charge is 0.268 e. The topological polar surface area (TPSA) is 59.1 Å². The Kier molecular flexibility index (Phi) is 3.00. The monoisotopic (exact) mass is 208 g/mol. The fourth-order valence-corrected chi connectivity index (χ4v) is 1.16.